The predicted molar refractivity (Wildman–Crippen MR) is 75.9 cm³/mol. The maximum atomic E-state index is 12.4. The minimum absolute atomic E-state index is 0.0628. The molecule has 0 aromatic heterocycles. The van der Waals surface area contributed by atoms with Crippen molar-refractivity contribution >= 4 is 5.97 Å². The molecule has 3 atom stereocenters. The second kappa shape index (κ2) is 5.80. The average Bonchev–Trinajstić information content (AvgIpc) is 3.16. The molecule has 0 bridgehead atoms. The monoisotopic (exact) mass is 268 g/mol. The Morgan fingerprint density at radius 2 is 1.89 bits per heavy atom. The minimum Gasteiger partial charge on any atom is -0.465 e. The Bertz CT molecular complexity index is 320. The lowest BCUT2D eigenvalue weighted by molar-refractivity contribution is -0.153. The summed E-state index contributed by atoms with van der Waals surface area (Å²) in [5, 5.41) is 3.30. The van der Waals surface area contributed by atoms with Crippen LogP contribution in [0, 0.1) is 17.8 Å². The summed E-state index contributed by atoms with van der Waals surface area (Å²) in [5.41, 5.74) is -0.486. The van der Waals surface area contributed by atoms with E-state index in [1.807, 2.05) is 14.0 Å². The van der Waals surface area contributed by atoms with Gasteiger partial charge in [0.2, 0.25) is 0 Å². The second-order valence-electron chi connectivity index (χ2n) is 6.36. The van der Waals surface area contributed by atoms with Gasteiger partial charge in [-0.1, -0.05) is 13.8 Å². The van der Waals surface area contributed by atoms with Crippen LogP contribution in [-0.2, 0) is 9.53 Å². The molecule has 0 amide bonds. The van der Waals surface area contributed by atoms with E-state index in [1.165, 1.54) is 0 Å². The zero-order chi connectivity index (χ0) is 14.0. The van der Waals surface area contributed by atoms with Gasteiger partial charge in [0.1, 0.15) is 5.54 Å². The fraction of sp³-hybridized carbons (Fsp3) is 0.933. The van der Waals surface area contributed by atoms with Gasteiger partial charge in [-0.3, -0.25) is 0 Å². The quantitative estimate of drug-likeness (QED) is 0.741. The zero-order valence-corrected chi connectivity index (χ0v) is 12.7. The molecule has 0 spiro atoms. The number of carbonyl (C=O) groups excluding carboxylic acids is 1. The van der Waals surface area contributed by atoms with Gasteiger partial charge < -0.3 is 15.0 Å². The lowest BCUT2D eigenvalue weighted by Gasteiger charge is -2.35. The highest BCUT2D eigenvalue weighted by molar-refractivity contribution is 5.82. The molecule has 1 saturated carbocycles. The number of nitrogens with zero attached hydrogens (tertiary/aromatic N) is 1. The van der Waals surface area contributed by atoms with Crippen molar-refractivity contribution in [2.24, 2.45) is 17.8 Å². The first-order chi connectivity index (χ1) is 9.03. The van der Waals surface area contributed by atoms with Crippen molar-refractivity contribution in [3.63, 3.8) is 0 Å². The van der Waals surface area contributed by atoms with E-state index in [0.717, 1.165) is 44.3 Å². The summed E-state index contributed by atoms with van der Waals surface area (Å²) in [6.45, 7) is 9.92. The van der Waals surface area contributed by atoms with Crippen LogP contribution in [0.2, 0.25) is 0 Å². The third-order valence-corrected chi connectivity index (χ3v) is 4.90. The smallest absolute Gasteiger partial charge is 0.327 e. The summed E-state index contributed by atoms with van der Waals surface area (Å²) < 4.78 is 5.34. The minimum atomic E-state index is -0.486. The van der Waals surface area contributed by atoms with Crippen LogP contribution in [0.3, 0.4) is 0 Å². The van der Waals surface area contributed by atoms with Crippen molar-refractivity contribution < 1.29 is 9.53 Å². The Kier molecular flexibility index (Phi) is 4.51. The first kappa shape index (κ1) is 14.8. The number of hydrogen-bond acceptors (Lipinski definition) is 4. The topological polar surface area (TPSA) is 41.6 Å². The molecule has 0 aromatic rings. The predicted octanol–water partition coefficient (Wildman–Crippen LogP) is 1.51. The number of rotatable bonds is 6. The zero-order valence-electron chi connectivity index (χ0n) is 12.7. The average molecular weight is 268 g/mol. The molecule has 2 rings (SSSR count). The highest BCUT2D eigenvalue weighted by Gasteiger charge is 2.52. The van der Waals surface area contributed by atoms with Crippen LogP contribution in [0.25, 0.3) is 0 Å². The lowest BCUT2D eigenvalue weighted by atomic mass is 9.92. The lowest BCUT2D eigenvalue weighted by Crippen LogP contribution is -2.60. The van der Waals surface area contributed by atoms with Crippen LogP contribution in [0.4, 0.5) is 0 Å². The van der Waals surface area contributed by atoms with Crippen LogP contribution < -0.4 is 5.32 Å². The van der Waals surface area contributed by atoms with Gasteiger partial charge in [0.15, 0.2) is 0 Å². The molecule has 2 fully saturated rings. The molecule has 1 saturated heterocycles. The highest BCUT2D eigenvalue weighted by Crippen LogP contribution is 2.41. The van der Waals surface area contributed by atoms with E-state index in [4.69, 9.17) is 4.74 Å². The molecule has 4 nitrogen and oxygen atoms in total. The van der Waals surface area contributed by atoms with Crippen molar-refractivity contribution in [2.75, 3.05) is 33.3 Å². The third-order valence-electron chi connectivity index (χ3n) is 4.90. The van der Waals surface area contributed by atoms with Crippen molar-refractivity contribution in [1.29, 1.82) is 0 Å². The Hall–Kier alpha value is -0.610. The summed E-state index contributed by atoms with van der Waals surface area (Å²) in [4.78, 5) is 14.8. The number of esters is 1. The van der Waals surface area contributed by atoms with Crippen molar-refractivity contribution in [1.82, 2.24) is 10.2 Å². The molecule has 4 heteroatoms. The number of likely N-dealkylation sites (tertiary alicyclic amines) is 1. The molecule has 0 aromatic carbocycles. The summed E-state index contributed by atoms with van der Waals surface area (Å²) in [6.07, 6.45) is 2.28. The first-order valence-corrected chi connectivity index (χ1v) is 7.62. The van der Waals surface area contributed by atoms with Gasteiger partial charge in [-0.05, 0) is 44.6 Å². The number of ether oxygens (including phenoxy) is 1. The van der Waals surface area contributed by atoms with Gasteiger partial charge in [0, 0.05) is 19.6 Å². The Labute approximate surface area is 116 Å². The van der Waals surface area contributed by atoms with E-state index in [1.54, 1.807) is 0 Å². The molecular weight excluding hydrogens is 240 g/mol. The number of hydrogen-bond donors (Lipinski definition) is 1. The maximum Gasteiger partial charge on any atom is 0.327 e. The van der Waals surface area contributed by atoms with Crippen molar-refractivity contribution in [3.8, 4) is 0 Å². The fourth-order valence-corrected chi connectivity index (χ4v) is 3.31. The Morgan fingerprint density at radius 3 is 2.32 bits per heavy atom. The van der Waals surface area contributed by atoms with Gasteiger partial charge in [-0.25, -0.2) is 4.79 Å². The number of likely N-dealkylation sites (N-methyl/N-ethyl adjacent to an activating group) is 1. The van der Waals surface area contributed by atoms with Crippen LogP contribution >= 0.6 is 0 Å². The molecule has 1 aliphatic heterocycles. The Morgan fingerprint density at radius 1 is 1.32 bits per heavy atom. The van der Waals surface area contributed by atoms with Gasteiger partial charge in [0.25, 0.3) is 0 Å². The van der Waals surface area contributed by atoms with Crippen molar-refractivity contribution in [3.05, 3.63) is 0 Å². The SMILES string of the molecule is CCOC(=O)C(CN1CC(C)C(C)C1)(NC)C1CC1. The largest absolute Gasteiger partial charge is 0.465 e. The molecule has 1 heterocycles. The summed E-state index contributed by atoms with van der Waals surface area (Å²) in [7, 11) is 1.90. The normalized spacial score (nSPS) is 31.2. The van der Waals surface area contributed by atoms with E-state index in [0.29, 0.717) is 12.5 Å². The van der Waals surface area contributed by atoms with E-state index in [2.05, 4.69) is 24.1 Å². The molecule has 0 radical (unpaired) electrons. The number of nitrogens with one attached hydrogen (secondary N) is 1. The molecule has 110 valence electrons. The second-order valence-corrected chi connectivity index (χ2v) is 6.36. The van der Waals surface area contributed by atoms with Crippen LogP contribution in [0.15, 0.2) is 0 Å². The Balaban J connectivity index is 2.07. The fourth-order valence-electron chi connectivity index (χ4n) is 3.31. The summed E-state index contributed by atoms with van der Waals surface area (Å²) in [5.74, 6) is 1.82. The van der Waals surface area contributed by atoms with Crippen molar-refractivity contribution in [2.45, 2.75) is 39.2 Å². The van der Waals surface area contributed by atoms with Crippen LogP contribution in [-0.4, -0.2) is 49.7 Å². The van der Waals surface area contributed by atoms with Gasteiger partial charge in [-0.2, -0.15) is 0 Å². The van der Waals surface area contributed by atoms with E-state index in [-0.39, 0.29) is 5.97 Å². The molecule has 3 unspecified atom stereocenters. The maximum absolute atomic E-state index is 12.4. The van der Waals surface area contributed by atoms with Crippen LogP contribution in [0.1, 0.15) is 33.6 Å². The number of carbonyl (C=O) groups is 1. The van der Waals surface area contributed by atoms with Gasteiger partial charge >= 0.3 is 5.97 Å². The van der Waals surface area contributed by atoms with E-state index in [9.17, 15) is 4.79 Å². The van der Waals surface area contributed by atoms with Crippen LogP contribution in [0.5, 0.6) is 0 Å². The summed E-state index contributed by atoms with van der Waals surface area (Å²) in [6, 6.07) is 0. The standard InChI is InChI=1S/C15H28N2O2/c1-5-19-14(18)15(16-4,13-6-7-13)10-17-8-11(2)12(3)9-17/h11-13,16H,5-10H2,1-4H3. The van der Waals surface area contributed by atoms with Gasteiger partial charge in [-0.15, -0.1) is 0 Å². The van der Waals surface area contributed by atoms with E-state index < -0.39 is 5.54 Å². The molecule has 1 aliphatic carbocycles. The van der Waals surface area contributed by atoms with E-state index >= 15 is 0 Å². The summed E-state index contributed by atoms with van der Waals surface area (Å²) >= 11 is 0. The molecule has 2 aliphatic rings. The molecule has 1 N–H and O–H groups in total. The molecular formula is C15H28N2O2. The molecule has 19 heavy (non-hydrogen) atoms. The third kappa shape index (κ3) is 2.95. The highest BCUT2D eigenvalue weighted by atomic mass is 16.5. The van der Waals surface area contributed by atoms with Gasteiger partial charge in [0.05, 0.1) is 6.61 Å². The first-order valence-electron chi connectivity index (χ1n) is 7.62.